The molecule has 0 N–H and O–H groups in total. The van der Waals surface area contributed by atoms with Crippen molar-refractivity contribution < 1.29 is 0 Å². The van der Waals surface area contributed by atoms with Crippen LogP contribution in [0.3, 0.4) is 0 Å². The van der Waals surface area contributed by atoms with Gasteiger partial charge >= 0.3 is 0 Å². The molecule has 1 aliphatic heterocycles. The van der Waals surface area contributed by atoms with E-state index >= 15 is 0 Å². The Balaban J connectivity index is 1.96. The lowest BCUT2D eigenvalue weighted by atomic mass is 9.96. The van der Waals surface area contributed by atoms with Gasteiger partial charge in [0.15, 0.2) is 0 Å². The number of hydrogen-bond acceptors (Lipinski definition) is 2. The van der Waals surface area contributed by atoms with Gasteiger partial charge in [-0.15, -0.1) is 0 Å². The standard InChI is InChI=1S/C13H16N2/c1-2-15-12-6-5-10(8-12)13(15)11-4-3-7-14-9-11/h3-7,9-10,12-13H,2,8H2,1H3/t10-,12+,13-/m1/s1. The quantitative estimate of drug-likeness (QED) is 0.681. The first-order valence-corrected chi connectivity index (χ1v) is 5.74. The molecule has 3 atom stereocenters. The molecule has 0 amide bonds. The average molecular weight is 200 g/mol. The number of likely N-dealkylation sites (tertiary alicyclic amines) is 1. The number of nitrogens with zero attached hydrogens (tertiary/aromatic N) is 2. The van der Waals surface area contributed by atoms with Crippen LogP contribution >= 0.6 is 0 Å². The molecule has 1 aromatic heterocycles. The molecule has 15 heavy (non-hydrogen) atoms. The smallest absolute Gasteiger partial charge is 0.0432 e. The molecule has 0 saturated carbocycles. The first-order chi connectivity index (χ1) is 7.40. The maximum absolute atomic E-state index is 4.23. The molecule has 0 radical (unpaired) electrons. The maximum atomic E-state index is 4.23. The molecule has 1 aliphatic carbocycles. The summed E-state index contributed by atoms with van der Waals surface area (Å²) >= 11 is 0. The summed E-state index contributed by atoms with van der Waals surface area (Å²) in [4.78, 5) is 6.82. The van der Waals surface area contributed by atoms with E-state index in [0.29, 0.717) is 18.0 Å². The highest BCUT2D eigenvalue weighted by atomic mass is 15.2. The van der Waals surface area contributed by atoms with Gasteiger partial charge in [0.2, 0.25) is 0 Å². The number of likely N-dealkylation sites (N-methyl/N-ethyl adjacent to an activating group) is 1. The van der Waals surface area contributed by atoms with Crippen LogP contribution in [0.4, 0.5) is 0 Å². The number of hydrogen-bond donors (Lipinski definition) is 0. The minimum absolute atomic E-state index is 0.568. The SMILES string of the molecule is CCN1[C@H]2C=C[C@H](C2)[C@@H]1c1cccnc1. The summed E-state index contributed by atoms with van der Waals surface area (Å²) < 4.78 is 0. The van der Waals surface area contributed by atoms with Crippen LogP contribution < -0.4 is 0 Å². The summed E-state index contributed by atoms with van der Waals surface area (Å²) in [5.74, 6) is 0.708. The second-order valence-corrected chi connectivity index (χ2v) is 4.41. The van der Waals surface area contributed by atoms with E-state index in [0.717, 1.165) is 6.54 Å². The molecule has 0 spiro atoms. The van der Waals surface area contributed by atoms with Crippen molar-refractivity contribution in [3.63, 3.8) is 0 Å². The van der Waals surface area contributed by atoms with Gasteiger partial charge in [0, 0.05) is 24.5 Å². The van der Waals surface area contributed by atoms with E-state index in [2.05, 4.69) is 35.0 Å². The molecule has 2 nitrogen and oxygen atoms in total. The average Bonchev–Trinajstić information content (AvgIpc) is 2.89. The van der Waals surface area contributed by atoms with Gasteiger partial charge in [0.05, 0.1) is 0 Å². The monoisotopic (exact) mass is 200 g/mol. The van der Waals surface area contributed by atoms with Crippen molar-refractivity contribution in [2.45, 2.75) is 25.4 Å². The van der Waals surface area contributed by atoms with Gasteiger partial charge in [0.25, 0.3) is 0 Å². The summed E-state index contributed by atoms with van der Waals surface area (Å²) in [7, 11) is 0. The molecular weight excluding hydrogens is 184 g/mol. The summed E-state index contributed by atoms with van der Waals surface area (Å²) in [6, 6.07) is 5.48. The predicted molar refractivity (Wildman–Crippen MR) is 60.4 cm³/mol. The van der Waals surface area contributed by atoms with Gasteiger partial charge in [-0.25, -0.2) is 0 Å². The predicted octanol–water partition coefficient (Wildman–Crippen LogP) is 2.40. The normalized spacial score (nSPS) is 33.8. The molecule has 1 saturated heterocycles. The third-order valence-electron chi connectivity index (χ3n) is 3.67. The molecule has 3 rings (SSSR count). The van der Waals surface area contributed by atoms with Crippen molar-refractivity contribution in [1.82, 2.24) is 9.88 Å². The van der Waals surface area contributed by atoms with Gasteiger partial charge in [-0.3, -0.25) is 9.88 Å². The second kappa shape index (κ2) is 3.46. The van der Waals surface area contributed by atoms with Crippen LogP contribution in [0.5, 0.6) is 0 Å². The molecule has 78 valence electrons. The van der Waals surface area contributed by atoms with Crippen molar-refractivity contribution in [2.24, 2.45) is 5.92 Å². The Morgan fingerprint density at radius 1 is 1.47 bits per heavy atom. The van der Waals surface area contributed by atoms with E-state index in [9.17, 15) is 0 Å². The Hall–Kier alpha value is -1.15. The Morgan fingerprint density at radius 3 is 3.13 bits per heavy atom. The van der Waals surface area contributed by atoms with Gasteiger partial charge in [0.1, 0.15) is 0 Å². The van der Waals surface area contributed by atoms with Crippen molar-refractivity contribution in [3.05, 3.63) is 42.2 Å². The number of aromatic nitrogens is 1. The van der Waals surface area contributed by atoms with Gasteiger partial charge in [-0.1, -0.05) is 25.1 Å². The van der Waals surface area contributed by atoms with E-state index in [4.69, 9.17) is 0 Å². The minimum Gasteiger partial charge on any atom is -0.290 e. The Kier molecular flexibility index (Phi) is 2.10. The third kappa shape index (κ3) is 1.32. The Bertz CT molecular complexity index is 371. The zero-order valence-corrected chi connectivity index (χ0v) is 9.00. The van der Waals surface area contributed by atoms with E-state index in [1.165, 1.54) is 12.0 Å². The summed E-state index contributed by atoms with van der Waals surface area (Å²) in [5, 5.41) is 0. The zero-order valence-electron chi connectivity index (χ0n) is 9.00. The fourth-order valence-corrected chi connectivity index (χ4v) is 3.06. The fourth-order valence-electron chi connectivity index (χ4n) is 3.06. The van der Waals surface area contributed by atoms with Crippen molar-refractivity contribution in [1.29, 1.82) is 0 Å². The first-order valence-electron chi connectivity index (χ1n) is 5.74. The second-order valence-electron chi connectivity index (χ2n) is 4.41. The number of fused-ring (bicyclic) bond motifs is 2. The highest BCUT2D eigenvalue weighted by molar-refractivity contribution is 5.26. The van der Waals surface area contributed by atoms with Crippen molar-refractivity contribution >= 4 is 0 Å². The molecular formula is C13H16N2. The largest absolute Gasteiger partial charge is 0.290 e. The highest BCUT2D eigenvalue weighted by Gasteiger charge is 2.42. The Labute approximate surface area is 90.6 Å². The fraction of sp³-hybridized carbons (Fsp3) is 0.462. The Morgan fingerprint density at radius 2 is 2.40 bits per heavy atom. The maximum Gasteiger partial charge on any atom is 0.0432 e. The van der Waals surface area contributed by atoms with Crippen molar-refractivity contribution in [3.8, 4) is 0 Å². The number of rotatable bonds is 2. The summed E-state index contributed by atoms with van der Waals surface area (Å²) in [6.07, 6.45) is 9.91. The first kappa shape index (κ1) is 9.10. The van der Waals surface area contributed by atoms with Gasteiger partial charge in [-0.05, 0) is 30.5 Å². The molecule has 2 aliphatic rings. The van der Waals surface area contributed by atoms with Crippen LogP contribution in [0.25, 0.3) is 0 Å². The summed E-state index contributed by atoms with van der Waals surface area (Å²) in [6.45, 7) is 3.38. The topological polar surface area (TPSA) is 16.1 Å². The van der Waals surface area contributed by atoms with Crippen LogP contribution in [0.1, 0.15) is 24.9 Å². The molecule has 2 heterocycles. The van der Waals surface area contributed by atoms with E-state index in [-0.39, 0.29) is 0 Å². The summed E-state index contributed by atoms with van der Waals surface area (Å²) in [5.41, 5.74) is 1.37. The van der Waals surface area contributed by atoms with Crippen LogP contribution in [-0.4, -0.2) is 22.5 Å². The lowest BCUT2D eigenvalue weighted by Crippen LogP contribution is -2.32. The van der Waals surface area contributed by atoms with E-state index < -0.39 is 0 Å². The molecule has 2 bridgehead atoms. The lowest BCUT2D eigenvalue weighted by Gasteiger charge is -2.31. The zero-order chi connectivity index (χ0) is 10.3. The molecule has 1 fully saturated rings. The van der Waals surface area contributed by atoms with Crippen LogP contribution in [0.15, 0.2) is 36.7 Å². The highest BCUT2D eigenvalue weighted by Crippen LogP contribution is 2.45. The van der Waals surface area contributed by atoms with Gasteiger partial charge < -0.3 is 0 Å². The van der Waals surface area contributed by atoms with Crippen LogP contribution in [0.2, 0.25) is 0 Å². The van der Waals surface area contributed by atoms with Gasteiger partial charge in [-0.2, -0.15) is 0 Å². The van der Waals surface area contributed by atoms with Crippen LogP contribution in [0, 0.1) is 5.92 Å². The minimum atomic E-state index is 0.568. The molecule has 2 heteroatoms. The number of pyridine rings is 1. The van der Waals surface area contributed by atoms with E-state index in [1.807, 2.05) is 18.5 Å². The molecule has 0 aromatic carbocycles. The van der Waals surface area contributed by atoms with Crippen molar-refractivity contribution in [2.75, 3.05) is 6.54 Å². The van der Waals surface area contributed by atoms with Crippen LogP contribution in [-0.2, 0) is 0 Å². The third-order valence-corrected chi connectivity index (χ3v) is 3.67. The van der Waals surface area contributed by atoms with E-state index in [1.54, 1.807) is 0 Å². The molecule has 1 aromatic rings. The lowest BCUT2D eigenvalue weighted by molar-refractivity contribution is 0.212. The molecule has 0 unspecified atom stereocenters.